The third kappa shape index (κ3) is 1.29. The van der Waals surface area contributed by atoms with Gasteiger partial charge in [0, 0.05) is 5.57 Å². The summed E-state index contributed by atoms with van der Waals surface area (Å²) in [4.78, 5) is 10.2. The van der Waals surface area contributed by atoms with Crippen molar-refractivity contribution in [2.24, 2.45) is 0 Å². The van der Waals surface area contributed by atoms with Crippen molar-refractivity contribution in [3.05, 3.63) is 11.6 Å². The summed E-state index contributed by atoms with van der Waals surface area (Å²) in [5.74, 6) is -0.911. The molecule has 0 fully saturated rings. The van der Waals surface area contributed by atoms with Gasteiger partial charge in [0.25, 0.3) is 0 Å². The fourth-order valence-corrected chi connectivity index (χ4v) is 0.881. The van der Waals surface area contributed by atoms with Crippen molar-refractivity contribution in [2.45, 2.75) is 18.9 Å². The van der Waals surface area contributed by atoms with E-state index in [-0.39, 0.29) is 0 Å². The van der Waals surface area contributed by atoms with Crippen molar-refractivity contribution < 1.29 is 15.0 Å². The smallest absolute Gasteiger partial charge is 0.331 e. The van der Waals surface area contributed by atoms with E-state index in [2.05, 4.69) is 0 Å². The standard InChI is InChI=1S/C6H8O3/c7-5-2-1-4(3-5)6(8)9/h3,5,7H,1-2H2,(H,8,9)/t5-/m0/s1. The maximum absolute atomic E-state index is 10.2. The molecule has 0 unspecified atom stereocenters. The molecule has 1 aliphatic carbocycles. The number of aliphatic hydroxyl groups excluding tert-OH is 1. The largest absolute Gasteiger partial charge is 0.478 e. The molecule has 1 rings (SSSR count). The van der Waals surface area contributed by atoms with E-state index in [1.807, 2.05) is 0 Å². The second kappa shape index (κ2) is 2.19. The van der Waals surface area contributed by atoms with Crippen LogP contribution in [0.3, 0.4) is 0 Å². The van der Waals surface area contributed by atoms with Crippen molar-refractivity contribution >= 4 is 5.97 Å². The molecule has 0 aliphatic heterocycles. The Kier molecular flexibility index (Phi) is 1.53. The minimum atomic E-state index is -0.911. The van der Waals surface area contributed by atoms with Crippen molar-refractivity contribution in [1.82, 2.24) is 0 Å². The average molecular weight is 128 g/mol. The molecule has 0 heterocycles. The molecule has 0 aromatic heterocycles. The van der Waals surface area contributed by atoms with Crippen LogP contribution in [-0.4, -0.2) is 22.3 Å². The van der Waals surface area contributed by atoms with E-state index in [1.165, 1.54) is 6.08 Å². The van der Waals surface area contributed by atoms with E-state index < -0.39 is 12.1 Å². The molecule has 9 heavy (non-hydrogen) atoms. The highest BCUT2D eigenvalue weighted by atomic mass is 16.4. The zero-order chi connectivity index (χ0) is 6.85. The molecule has 0 spiro atoms. The molecule has 0 radical (unpaired) electrons. The van der Waals surface area contributed by atoms with Crippen LogP contribution in [0.15, 0.2) is 11.6 Å². The van der Waals surface area contributed by atoms with Crippen LogP contribution in [0.2, 0.25) is 0 Å². The van der Waals surface area contributed by atoms with E-state index in [1.54, 1.807) is 0 Å². The lowest BCUT2D eigenvalue weighted by Crippen LogP contribution is -1.96. The van der Waals surface area contributed by atoms with Gasteiger partial charge in [0.1, 0.15) is 0 Å². The molecule has 3 nitrogen and oxygen atoms in total. The van der Waals surface area contributed by atoms with Gasteiger partial charge in [0.2, 0.25) is 0 Å². The van der Waals surface area contributed by atoms with Gasteiger partial charge < -0.3 is 10.2 Å². The van der Waals surface area contributed by atoms with Gasteiger partial charge in [-0.2, -0.15) is 0 Å². The molecule has 0 aromatic carbocycles. The minimum Gasteiger partial charge on any atom is -0.478 e. The Bertz CT molecular complexity index is 160. The van der Waals surface area contributed by atoms with Crippen LogP contribution < -0.4 is 0 Å². The zero-order valence-electron chi connectivity index (χ0n) is 4.87. The quantitative estimate of drug-likeness (QED) is 0.528. The monoisotopic (exact) mass is 128 g/mol. The summed E-state index contributed by atoms with van der Waals surface area (Å²) in [7, 11) is 0. The molecule has 50 valence electrons. The average Bonchev–Trinajstić information content (AvgIpc) is 2.14. The molecule has 0 aromatic rings. The number of aliphatic carboxylic acids is 1. The molecule has 0 saturated heterocycles. The van der Waals surface area contributed by atoms with Crippen LogP contribution in [0.25, 0.3) is 0 Å². The molecule has 0 saturated carbocycles. The Hall–Kier alpha value is -0.830. The van der Waals surface area contributed by atoms with Crippen LogP contribution in [0.1, 0.15) is 12.8 Å². The van der Waals surface area contributed by atoms with E-state index in [0.29, 0.717) is 18.4 Å². The molecule has 1 atom stereocenters. The number of carbonyl (C=O) groups is 1. The summed E-state index contributed by atoms with van der Waals surface area (Å²) >= 11 is 0. The van der Waals surface area contributed by atoms with Gasteiger partial charge >= 0.3 is 5.97 Å². The normalized spacial score (nSPS) is 25.9. The molecule has 1 aliphatic rings. The summed E-state index contributed by atoms with van der Waals surface area (Å²) in [6.07, 6.45) is 1.91. The Morgan fingerprint density at radius 1 is 1.78 bits per heavy atom. The molecule has 3 heteroatoms. The van der Waals surface area contributed by atoms with Crippen molar-refractivity contribution in [3.63, 3.8) is 0 Å². The van der Waals surface area contributed by atoms with Crippen LogP contribution in [0, 0.1) is 0 Å². The maximum Gasteiger partial charge on any atom is 0.331 e. The highest BCUT2D eigenvalue weighted by Crippen LogP contribution is 2.17. The third-order valence-electron chi connectivity index (χ3n) is 1.38. The predicted octanol–water partition coefficient (Wildman–Crippen LogP) is 0.152. The first-order chi connectivity index (χ1) is 4.20. The summed E-state index contributed by atoms with van der Waals surface area (Å²) in [6, 6.07) is 0. The Morgan fingerprint density at radius 2 is 2.44 bits per heavy atom. The van der Waals surface area contributed by atoms with Crippen molar-refractivity contribution in [1.29, 1.82) is 0 Å². The predicted molar refractivity (Wildman–Crippen MR) is 31.0 cm³/mol. The highest BCUT2D eigenvalue weighted by molar-refractivity contribution is 5.87. The lowest BCUT2D eigenvalue weighted by Gasteiger charge is -1.89. The van der Waals surface area contributed by atoms with Gasteiger partial charge in [-0.05, 0) is 18.9 Å². The molecular formula is C6H8O3. The van der Waals surface area contributed by atoms with Gasteiger partial charge in [-0.25, -0.2) is 4.79 Å². The third-order valence-corrected chi connectivity index (χ3v) is 1.38. The fraction of sp³-hybridized carbons (Fsp3) is 0.500. The molecular weight excluding hydrogens is 120 g/mol. The van der Waals surface area contributed by atoms with Crippen LogP contribution in [-0.2, 0) is 4.79 Å². The van der Waals surface area contributed by atoms with E-state index in [9.17, 15) is 4.79 Å². The van der Waals surface area contributed by atoms with Gasteiger partial charge in [0.05, 0.1) is 6.10 Å². The summed E-state index contributed by atoms with van der Waals surface area (Å²) in [5.41, 5.74) is 0.336. The Balaban J connectivity index is 2.62. The highest BCUT2D eigenvalue weighted by Gasteiger charge is 2.17. The van der Waals surface area contributed by atoms with Gasteiger partial charge in [-0.15, -0.1) is 0 Å². The Morgan fingerprint density at radius 3 is 2.67 bits per heavy atom. The SMILES string of the molecule is O=C(O)C1=C[C@@H](O)CC1. The summed E-state index contributed by atoms with van der Waals surface area (Å²) in [6.45, 7) is 0. The van der Waals surface area contributed by atoms with Gasteiger partial charge in [-0.1, -0.05) is 0 Å². The number of aliphatic hydroxyl groups is 1. The number of hydrogen-bond acceptors (Lipinski definition) is 2. The topological polar surface area (TPSA) is 57.5 Å². The van der Waals surface area contributed by atoms with Crippen molar-refractivity contribution in [3.8, 4) is 0 Å². The number of hydrogen-bond donors (Lipinski definition) is 2. The van der Waals surface area contributed by atoms with Crippen LogP contribution >= 0.6 is 0 Å². The van der Waals surface area contributed by atoms with E-state index in [0.717, 1.165) is 0 Å². The summed E-state index contributed by atoms with van der Waals surface area (Å²) in [5, 5.41) is 17.2. The second-order valence-corrected chi connectivity index (χ2v) is 2.10. The van der Waals surface area contributed by atoms with Crippen LogP contribution in [0.4, 0.5) is 0 Å². The second-order valence-electron chi connectivity index (χ2n) is 2.10. The van der Waals surface area contributed by atoms with Gasteiger partial charge in [0.15, 0.2) is 0 Å². The van der Waals surface area contributed by atoms with Crippen LogP contribution in [0.5, 0.6) is 0 Å². The number of carboxylic acid groups (broad SMARTS) is 1. The fourth-order valence-electron chi connectivity index (χ4n) is 0.881. The van der Waals surface area contributed by atoms with Crippen molar-refractivity contribution in [2.75, 3.05) is 0 Å². The lowest BCUT2D eigenvalue weighted by atomic mass is 10.2. The number of carboxylic acids is 1. The van der Waals surface area contributed by atoms with E-state index in [4.69, 9.17) is 10.2 Å². The van der Waals surface area contributed by atoms with E-state index >= 15 is 0 Å². The Labute approximate surface area is 52.6 Å². The maximum atomic E-state index is 10.2. The number of rotatable bonds is 1. The first kappa shape index (κ1) is 6.29. The summed E-state index contributed by atoms with van der Waals surface area (Å²) < 4.78 is 0. The first-order valence-electron chi connectivity index (χ1n) is 2.82. The molecule has 2 N–H and O–H groups in total. The first-order valence-corrected chi connectivity index (χ1v) is 2.82. The molecule has 0 bridgehead atoms. The zero-order valence-corrected chi connectivity index (χ0v) is 4.87. The molecule has 0 amide bonds. The lowest BCUT2D eigenvalue weighted by molar-refractivity contribution is -0.132. The minimum absolute atomic E-state index is 0.336. The van der Waals surface area contributed by atoms with Gasteiger partial charge in [-0.3, -0.25) is 0 Å².